The van der Waals surface area contributed by atoms with Crippen LogP contribution < -0.4 is 0 Å². The molecule has 12 heteroatoms. The summed E-state index contributed by atoms with van der Waals surface area (Å²) in [6.45, 7) is 26.0. The van der Waals surface area contributed by atoms with Gasteiger partial charge in [-0.25, -0.2) is 19.2 Å². The van der Waals surface area contributed by atoms with Gasteiger partial charge in [0.05, 0.1) is 0 Å². The van der Waals surface area contributed by atoms with E-state index in [1.807, 2.05) is 144 Å². The van der Waals surface area contributed by atoms with Gasteiger partial charge in [-0.1, -0.05) is 86.3 Å². The molecule has 338 valence electrons. The quantitative estimate of drug-likeness (QED) is 0.0901. The minimum atomic E-state index is -0.627. The van der Waals surface area contributed by atoms with E-state index in [0.717, 1.165) is 49.7 Å². The molecule has 0 aromatic heterocycles. The molecular weight excluding hydrogens is 761 g/mol. The minimum Gasteiger partial charge on any atom is -0.444 e. The first-order chi connectivity index (χ1) is 27.9. The Hall–Kier alpha value is -4.48. The number of unbranched alkanes of at least 4 members (excludes halogenated alkanes) is 5. The standard InChI is InChI=1S/C48H78N4O8/c1-45(2,3)57-41(53)49(33-25-35-51(43(55)59-47(7,8)9)37-39-27-19-17-20-28-39)31-23-15-13-14-16-24-32-50(42(54)58-46(4,5)6)34-26-36-52(44(56)60-48(10,11)12)38-40-29-21-18-22-30-40/h17-22,27-30H,13-16,23-26,31-38H2,1-12H3. The zero-order chi connectivity index (χ0) is 45.0. The Morgan fingerprint density at radius 2 is 0.583 bits per heavy atom. The van der Waals surface area contributed by atoms with Gasteiger partial charge in [0, 0.05) is 52.4 Å². The molecule has 0 aliphatic carbocycles. The average Bonchev–Trinajstić information content (AvgIpc) is 3.11. The maximum Gasteiger partial charge on any atom is 0.410 e. The van der Waals surface area contributed by atoms with Gasteiger partial charge in [0.25, 0.3) is 0 Å². The summed E-state index contributed by atoms with van der Waals surface area (Å²) in [4.78, 5) is 59.7. The van der Waals surface area contributed by atoms with E-state index in [-0.39, 0.29) is 24.4 Å². The van der Waals surface area contributed by atoms with Crippen molar-refractivity contribution in [3.05, 3.63) is 71.8 Å². The molecule has 60 heavy (non-hydrogen) atoms. The van der Waals surface area contributed by atoms with Crippen LogP contribution in [0.15, 0.2) is 60.7 Å². The number of hydrogen-bond donors (Lipinski definition) is 0. The fraction of sp³-hybridized carbons (Fsp3) is 0.667. The number of ether oxygens (including phenoxy) is 4. The lowest BCUT2D eigenvalue weighted by molar-refractivity contribution is 0.0172. The molecule has 2 aromatic rings. The Kier molecular flexibility index (Phi) is 21.3. The molecule has 0 saturated heterocycles. The molecule has 0 N–H and O–H groups in total. The fourth-order valence-electron chi connectivity index (χ4n) is 6.19. The largest absolute Gasteiger partial charge is 0.444 e. The van der Waals surface area contributed by atoms with Crippen molar-refractivity contribution in [3.8, 4) is 0 Å². The number of nitrogens with zero attached hydrogens (tertiary/aromatic N) is 4. The van der Waals surface area contributed by atoms with E-state index in [0.29, 0.717) is 65.2 Å². The lowest BCUT2D eigenvalue weighted by atomic mass is 10.1. The van der Waals surface area contributed by atoms with Gasteiger partial charge in [-0.15, -0.1) is 0 Å². The Morgan fingerprint density at radius 3 is 0.867 bits per heavy atom. The Labute approximate surface area is 362 Å². The summed E-state index contributed by atoms with van der Waals surface area (Å²) in [6.07, 6.45) is 5.17. The van der Waals surface area contributed by atoms with Gasteiger partial charge in [0.15, 0.2) is 0 Å². The van der Waals surface area contributed by atoms with Crippen molar-refractivity contribution >= 4 is 24.4 Å². The first-order valence-corrected chi connectivity index (χ1v) is 21.9. The van der Waals surface area contributed by atoms with E-state index in [4.69, 9.17) is 18.9 Å². The van der Waals surface area contributed by atoms with Crippen LogP contribution in [0.2, 0.25) is 0 Å². The molecule has 2 rings (SSSR count). The molecule has 0 saturated carbocycles. The zero-order valence-electron chi connectivity index (χ0n) is 39.1. The molecule has 0 heterocycles. The van der Waals surface area contributed by atoms with Crippen LogP contribution >= 0.6 is 0 Å². The summed E-state index contributed by atoms with van der Waals surface area (Å²) in [5, 5.41) is 0. The summed E-state index contributed by atoms with van der Waals surface area (Å²) in [6, 6.07) is 19.6. The van der Waals surface area contributed by atoms with Gasteiger partial charge >= 0.3 is 24.4 Å². The summed E-state index contributed by atoms with van der Waals surface area (Å²) in [5.74, 6) is 0. The number of rotatable bonds is 21. The number of hydrogen-bond acceptors (Lipinski definition) is 8. The maximum absolute atomic E-state index is 13.3. The van der Waals surface area contributed by atoms with Crippen molar-refractivity contribution in [2.45, 2.75) is 170 Å². The van der Waals surface area contributed by atoms with E-state index < -0.39 is 22.4 Å². The van der Waals surface area contributed by atoms with E-state index in [9.17, 15) is 19.2 Å². The lowest BCUT2D eigenvalue weighted by Gasteiger charge is -2.30. The SMILES string of the molecule is CC(C)(C)OC(=O)N(CCCCCCCCN(CCCN(Cc1ccccc1)C(=O)OC(C)(C)C)C(=O)OC(C)(C)C)CCCN(Cc1ccccc1)C(=O)OC(C)(C)C. The fourth-order valence-corrected chi connectivity index (χ4v) is 6.19. The van der Waals surface area contributed by atoms with E-state index in [1.54, 1.807) is 19.6 Å². The highest BCUT2D eigenvalue weighted by Crippen LogP contribution is 2.18. The lowest BCUT2D eigenvalue weighted by Crippen LogP contribution is -2.41. The number of carbonyl (C=O) groups is 4. The Balaban J connectivity index is 1.93. The zero-order valence-corrected chi connectivity index (χ0v) is 39.1. The molecular formula is C48H78N4O8. The second-order valence-electron chi connectivity index (χ2n) is 19.5. The monoisotopic (exact) mass is 839 g/mol. The third kappa shape index (κ3) is 23.9. The molecule has 2 aromatic carbocycles. The van der Waals surface area contributed by atoms with Crippen LogP contribution in [-0.4, -0.2) is 106 Å². The molecule has 0 aliphatic heterocycles. The van der Waals surface area contributed by atoms with Crippen molar-refractivity contribution in [2.24, 2.45) is 0 Å². The summed E-state index contributed by atoms with van der Waals surface area (Å²) in [5.41, 5.74) is -0.489. The van der Waals surface area contributed by atoms with Gasteiger partial charge < -0.3 is 38.5 Å². The first kappa shape index (κ1) is 51.7. The van der Waals surface area contributed by atoms with Crippen LogP contribution in [0.4, 0.5) is 19.2 Å². The molecule has 0 fully saturated rings. The van der Waals surface area contributed by atoms with Crippen LogP contribution in [0.3, 0.4) is 0 Å². The highest BCUT2D eigenvalue weighted by atomic mass is 16.6. The molecule has 0 aliphatic rings. The normalized spacial score (nSPS) is 12.0. The summed E-state index contributed by atoms with van der Waals surface area (Å²) in [7, 11) is 0. The van der Waals surface area contributed by atoms with Crippen molar-refractivity contribution in [2.75, 3.05) is 39.3 Å². The van der Waals surface area contributed by atoms with Crippen molar-refractivity contribution in [1.82, 2.24) is 19.6 Å². The number of carbonyl (C=O) groups excluding carboxylic acids is 4. The second-order valence-corrected chi connectivity index (χ2v) is 19.5. The second kappa shape index (κ2) is 24.7. The molecule has 0 radical (unpaired) electrons. The van der Waals surface area contributed by atoms with Crippen LogP contribution in [-0.2, 0) is 32.0 Å². The smallest absolute Gasteiger partial charge is 0.410 e. The van der Waals surface area contributed by atoms with Gasteiger partial charge in [-0.2, -0.15) is 0 Å². The maximum atomic E-state index is 13.3. The van der Waals surface area contributed by atoms with Gasteiger partial charge in [0.2, 0.25) is 0 Å². The highest BCUT2D eigenvalue weighted by molar-refractivity contribution is 5.69. The third-order valence-electron chi connectivity index (χ3n) is 8.86. The van der Waals surface area contributed by atoms with Crippen LogP contribution in [0.25, 0.3) is 0 Å². The van der Waals surface area contributed by atoms with E-state index >= 15 is 0 Å². The predicted molar refractivity (Wildman–Crippen MR) is 239 cm³/mol. The van der Waals surface area contributed by atoms with Crippen molar-refractivity contribution in [3.63, 3.8) is 0 Å². The number of amides is 4. The van der Waals surface area contributed by atoms with Crippen LogP contribution in [0, 0.1) is 0 Å². The molecule has 4 amide bonds. The van der Waals surface area contributed by atoms with Crippen LogP contribution in [0.1, 0.15) is 146 Å². The summed E-state index contributed by atoms with van der Waals surface area (Å²) >= 11 is 0. The molecule has 0 unspecified atom stereocenters. The topological polar surface area (TPSA) is 118 Å². The predicted octanol–water partition coefficient (Wildman–Crippen LogP) is 11.5. The van der Waals surface area contributed by atoms with Gasteiger partial charge in [-0.05, 0) is 120 Å². The molecule has 0 spiro atoms. The third-order valence-corrected chi connectivity index (χ3v) is 8.86. The Morgan fingerprint density at radius 1 is 0.350 bits per heavy atom. The van der Waals surface area contributed by atoms with E-state index in [2.05, 4.69) is 0 Å². The number of benzene rings is 2. The minimum absolute atomic E-state index is 0.356. The van der Waals surface area contributed by atoms with Crippen molar-refractivity contribution < 1.29 is 38.1 Å². The molecule has 12 nitrogen and oxygen atoms in total. The first-order valence-electron chi connectivity index (χ1n) is 21.9. The molecule has 0 atom stereocenters. The Bertz CT molecular complexity index is 1440. The average molecular weight is 839 g/mol. The molecule has 0 bridgehead atoms. The highest BCUT2D eigenvalue weighted by Gasteiger charge is 2.27. The van der Waals surface area contributed by atoms with Crippen molar-refractivity contribution in [1.29, 1.82) is 0 Å². The van der Waals surface area contributed by atoms with E-state index in [1.165, 1.54) is 0 Å². The van der Waals surface area contributed by atoms with Gasteiger partial charge in [-0.3, -0.25) is 0 Å². The summed E-state index contributed by atoms with van der Waals surface area (Å²) < 4.78 is 22.9. The van der Waals surface area contributed by atoms with Gasteiger partial charge in [0.1, 0.15) is 22.4 Å². The van der Waals surface area contributed by atoms with Crippen LogP contribution in [0.5, 0.6) is 0 Å².